The number of carbonyl (C=O) groups excluding carboxylic acids is 2. The van der Waals surface area contributed by atoms with Crippen molar-refractivity contribution in [2.75, 3.05) is 6.61 Å². The standard InChI is InChI=1S/C18H13Cl2N3O5S2/c1-2-28-15(25)9-22-17-12(6-5-11(19)16(17)20)30-18(22)21-13(24)7-3-10-4-8-14(29-10)23(26)27/h3-8H,2,9H2,1H3/b7-3+,21-18?. The van der Waals surface area contributed by atoms with E-state index in [4.69, 9.17) is 27.9 Å². The minimum atomic E-state index is -0.600. The minimum absolute atomic E-state index is 0.0256. The van der Waals surface area contributed by atoms with Crippen LogP contribution in [0.1, 0.15) is 11.8 Å². The number of aromatic nitrogens is 1. The third kappa shape index (κ3) is 4.96. The predicted octanol–water partition coefficient (Wildman–Crippen LogP) is 4.68. The van der Waals surface area contributed by atoms with Gasteiger partial charge in [-0.15, -0.1) is 0 Å². The molecule has 2 aromatic heterocycles. The van der Waals surface area contributed by atoms with Gasteiger partial charge in [-0.3, -0.25) is 19.7 Å². The van der Waals surface area contributed by atoms with Crippen LogP contribution in [0.4, 0.5) is 5.00 Å². The Morgan fingerprint density at radius 1 is 1.27 bits per heavy atom. The first-order chi connectivity index (χ1) is 14.3. The van der Waals surface area contributed by atoms with E-state index in [-0.39, 0.29) is 28.0 Å². The van der Waals surface area contributed by atoms with Gasteiger partial charge in [-0.25, -0.2) is 0 Å². The Morgan fingerprint density at radius 2 is 2.03 bits per heavy atom. The molecule has 12 heteroatoms. The van der Waals surface area contributed by atoms with E-state index in [1.807, 2.05) is 0 Å². The lowest BCUT2D eigenvalue weighted by atomic mass is 10.3. The smallest absolute Gasteiger partial charge is 0.326 e. The molecule has 0 saturated heterocycles. The fourth-order valence-corrected chi connectivity index (χ4v) is 4.73. The summed E-state index contributed by atoms with van der Waals surface area (Å²) in [6.07, 6.45) is 2.64. The van der Waals surface area contributed by atoms with Crippen LogP contribution in [0.2, 0.25) is 10.0 Å². The van der Waals surface area contributed by atoms with E-state index in [0.29, 0.717) is 20.1 Å². The SMILES string of the molecule is CCOC(=O)Cn1c(=NC(=O)/C=C/c2ccc([N+](=O)[O-])s2)sc2ccc(Cl)c(Cl)c21. The van der Waals surface area contributed by atoms with Crippen LogP contribution in [0.25, 0.3) is 16.3 Å². The molecule has 1 amide bonds. The Hall–Kier alpha value is -2.53. The molecule has 30 heavy (non-hydrogen) atoms. The molecular weight excluding hydrogens is 473 g/mol. The number of benzene rings is 1. The zero-order valence-corrected chi connectivity index (χ0v) is 18.5. The molecule has 0 saturated carbocycles. The molecule has 0 aliphatic rings. The van der Waals surface area contributed by atoms with Gasteiger partial charge in [0.1, 0.15) is 6.54 Å². The Kier molecular flexibility index (Phi) is 7.03. The number of amides is 1. The van der Waals surface area contributed by atoms with Crippen molar-refractivity contribution in [2.45, 2.75) is 13.5 Å². The molecule has 0 aliphatic heterocycles. The molecule has 1 aromatic carbocycles. The van der Waals surface area contributed by atoms with Crippen molar-refractivity contribution in [3.05, 3.63) is 60.2 Å². The minimum Gasteiger partial charge on any atom is -0.465 e. The van der Waals surface area contributed by atoms with Gasteiger partial charge < -0.3 is 9.30 Å². The number of hydrogen-bond acceptors (Lipinski definition) is 7. The number of nitro groups is 1. The maximum atomic E-state index is 12.4. The molecule has 3 rings (SSSR count). The molecule has 0 N–H and O–H groups in total. The summed E-state index contributed by atoms with van der Waals surface area (Å²) >= 11 is 14.5. The van der Waals surface area contributed by atoms with Crippen LogP contribution < -0.4 is 4.80 Å². The molecule has 156 valence electrons. The molecular formula is C18H13Cl2N3O5S2. The van der Waals surface area contributed by atoms with Crippen LogP contribution in [0.5, 0.6) is 0 Å². The number of carbonyl (C=O) groups is 2. The van der Waals surface area contributed by atoms with Gasteiger partial charge >= 0.3 is 11.0 Å². The lowest BCUT2D eigenvalue weighted by Gasteiger charge is -2.06. The summed E-state index contributed by atoms with van der Waals surface area (Å²) in [5.41, 5.74) is 0.478. The molecule has 0 unspecified atom stereocenters. The highest BCUT2D eigenvalue weighted by Gasteiger charge is 2.16. The van der Waals surface area contributed by atoms with Gasteiger partial charge in [-0.1, -0.05) is 45.9 Å². The molecule has 2 heterocycles. The maximum Gasteiger partial charge on any atom is 0.326 e. The number of ether oxygens (including phenoxy) is 1. The molecule has 0 fully saturated rings. The van der Waals surface area contributed by atoms with Crippen molar-refractivity contribution in [1.29, 1.82) is 0 Å². The molecule has 8 nitrogen and oxygen atoms in total. The fourth-order valence-electron chi connectivity index (χ4n) is 2.49. The first-order valence-electron chi connectivity index (χ1n) is 8.44. The van der Waals surface area contributed by atoms with Gasteiger partial charge in [0.2, 0.25) is 0 Å². The number of nitrogens with zero attached hydrogens (tertiary/aromatic N) is 3. The lowest BCUT2D eigenvalue weighted by Crippen LogP contribution is -2.23. The Bertz CT molecular complexity index is 1240. The number of halogens is 2. The topological polar surface area (TPSA) is 104 Å². The van der Waals surface area contributed by atoms with Gasteiger partial charge in [-0.2, -0.15) is 4.99 Å². The number of thiophene rings is 1. The van der Waals surface area contributed by atoms with Crippen molar-refractivity contribution in [1.82, 2.24) is 4.57 Å². The van der Waals surface area contributed by atoms with Gasteiger partial charge in [0.15, 0.2) is 4.80 Å². The van der Waals surface area contributed by atoms with Crippen LogP contribution in [-0.2, 0) is 20.9 Å². The summed E-state index contributed by atoms with van der Waals surface area (Å²) in [6.45, 7) is 1.70. The van der Waals surface area contributed by atoms with E-state index < -0.39 is 16.8 Å². The second-order valence-corrected chi connectivity index (χ2v) is 8.59. The Labute approximate surface area is 187 Å². The molecule has 0 spiro atoms. The fraction of sp³-hybridized carbons (Fsp3) is 0.167. The number of thiazole rings is 1. The normalized spacial score (nSPS) is 12.0. The number of rotatable bonds is 6. The van der Waals surface area contributed by atoms with Crippen LogP contribution in [0, 0.1) is 10.1 Å². The summed E-state index contributed by atoms with van der Waals surface area (Å²) in [5.74, 6) is -1.11. The van der Waals surface area contributed by atoms with Crippen LogP contribution in [0.15, 0.2) is 35.3 Å². The summed E-state index contributed by atoms with van der Waals surface area (Å²) in [6, 6.07) is 6.23. The zero-order chi connectivity index (χ0) is 21.8. The maximum absolute atomic E-state index is 12.4. The Morgan fingerprint density at radius 3 is 2.70 bits per heavy atom. The number of hydrogen-bond donors (Lipinski definition) is 0. The first-order valence-corrected chi connectivity index (χ1v) is 10.8. The zero-order valence-electron chi connectivity index (χ0n) is 15.3. The van der Waals surface area contributed by atoms with E-state index >= 15 is 0 Å². The second kappa shape index (κ2) is 9.52. The average molecular weight is 486 g/mol. The summed E-state index contributed by atoms with van der Waals surface area (Å²) in [5, 5.41) is 11.3. The van der Waals surface area contributed by atoms with Gasteiger partial charge in [-0.05, 0) is 31.2 Å². The van der Waals surface area contributed by atoms with Gasteiger partial charge in [0.05, 0.1) is 31.8 Å². The summed E-state index contributed by atoms with van der Waals surface area (Å²) < 4.78 is 7.17. The van der Waals surface area contributed by atoms with E-state index in [2.05, 4.69) is 4.99 Å². The van der Waals surface area contributed by atoms with Crippen LogP contribution >= 0.6 is 45.9 Å². The summed E-state index contributed by atoms with van der Waals surface area (Å²) in [7, 11) is 0. The van der Waals surface area contributed by atoms with Gasteiger partial charge in [0.25, 0.3) is 5.91 Å². The largest absolute Gasteiger partial charge is 0.465 e. The molecule has 0 atom stereocenters. The van der Waals surface area contributed by atoms with Crippen LogP contribution in [0.3, 0.4) is 0 Å². The van der Waals surface area contributed by atoms with Crippen molar-refractivity contribution >= 4 is 79.0 Å². The number of fused-ring (bicyclic) bond motifs is 1. The van der Waals surface area contributed by atoms with Crippen molar-refractivity contribution < 1.29 is 19.2 Å². The highest BCUT2D eigenvalue weighted by molar-refractivity contribution is 7.16. The molecule has 0 aliphatic carbocycles. The third-order valence-electron chi connectivity index (χ3n) is 3.72. The molecule has 3 aromatic rings. The van der Waals surface area contributed by atoms with Crippen molar-refractivity contribution in [2.24, 2.45) is 4.99 Å². The number of esters is 1. The van der Waals surface area contributed by atoms with E-state index in [1.165, 1.54) is 40.2 Å². The molecule has 0 radical (unpaired) electrons. The third-order valence-corrected chi connectivity index (χ3v) is 6.56. The average Bonchev–Trinajstić information content (AvgIpc) is 3.29. The highest BCUT2D eigenvalue weighted by Crippen LogP contribution is 2.32. The quantitative estimate of drug-likeness (QED) is 0.218. The predicted molar refractivity (Wildman–Crippen MR) is 117 cm³/mol. The van der Waals surface area contributed by atoms with E-state index in [0.717, 1.165) is 11.3 Å². The van der Waals surface area contributed by atoms with Crippen LogP contribution in [-0.4, -0.2) is 28.0 Å². The summed E-state index contributed by atoms with van der Waals surface area (Å²) in [4.78, 5) is 39.5. The van der Waals surface area contributed by atoms with E-state index in [1.54, 1.807) is 19.1 Å². The van der Waals surface area contributed by atoms with Crippen molar-refractivity contribution in [3.8, 4) is 0 Å². The second-order valence-electron chi connectivity index (χ2n) is 5.70. The Balaban J connectivity index is 2.00. The monoisotopic (exact) mass is 485 g/mol. The lowest BCUT2D eigenvalue weighted by molar-refractivity contribution is -0.380. The van der Waals surface area contributed by atoms with E-state index in [9.17, 15) is 19.7 Å². The first kappa shape index (κ1) is 22.2. The highest BCUT2D eigenvalue weighted by atomic mass is 35.5. The van der Waals surface area contributed by atoms with Crippen molar-refractivity contribution in [3.63, 3.8) is 0 Å². The molecule has 0 bridgehead atoms. The van der Waals surface area contributed by atoms with Gasteiger partial charge in [0, 0.05) is 17.0 Å².